The molecular formula is C14H18FNO3. The van der Waals surface area contributed by atoms with Crippen LogP contribution >= 0.6 is 0 Å². The first-order valence-corrected chi connectivity index (χ1v) is 6.23. The number of hydrogen-bond donors (Lipinski definition) is 1. The Hall–Kier alpha value is -1.46. The lowest BCUT2D eigenvalue weighted by Gasteiger charge is -2.17. The summed E-state index contributed by atoms with van der Waals surface area (Å²) in [4.78, 5) is 11.8. The molecule has 1 fully saturated rings. The summed E-state index contributed by atoms with van der Waals surface area (Å²) in [6.45, 7) is 6.12. The average Bonchev–Trinajstić information content (AvgIpc) is 2.66. The summed E-state index contributed by atoms with van der Waals surface area (Å²) in [5.74, 6) is -1.57. The number of halogens is 1. The van der Waals surface area contributed by atoms with Crippen molar-refractivity contribution in [2.75, 3.05) is 13.2 Å². The summed E-state index contributed by atoms with van der Waals surface area (Å²) in [5.41, 5.74) is 0.826. The lowest BCUT2D eigenvalue weighted by Crippen LogP contribution is -2.34. The zero-order valence-electron chi connectivity index (χ0n) is 11.3. The highest BCUT2D eigenvalue weighted by atomic mass is 19.1. The standard InChI is InChI=1S/C14H18FNO3/c1-9-4-5-11(12(15)6-9)13(17)16-7-10-8-18-14(2,3)19-10/h4-6,10H,7-8H2,1-3H3,(H,16,17). The van der Waals surface area contributed by atoms with Gasteiger partial charge in [-0.1, -0.05) is 6.07 Å². The number of carbonyl (C=O) groups is 1. The van der Waals surface area contributed by atoms with Crippen molar-refractivity contribution in [3.8, 4) is 0 Å². The van der Waals surface area contributed by atoms with E-state index in [9.17, 15) is 9.18 Å². The van der Waals surface area contributed by atoms with Crippen molar-refractivity contribution < 1.29 is 18.7 Å². The smallest absolute Gasteiger partial charge is 0.254 e. The van der Waals surface area contributed by atoms with E-state index in [1.54, 1.807) is 13.0 Å². The van der Waals surface area contributed by atoms with Crippen LogP contribution in [0.5, 0.6) is 0 Å². The van der Waals surface area contributed by atoms with Gasteiger partial charge in [-0.25, -0.2) is 4.39 Å². The first-order chi connectivity index (χ1) is 8.87. The second kappa shape index (κ2) is 5.27. The lowest BCUT2D eigenvalue weighted by molar-refractivity contribution is -0.137. The molecule has 1 aromatic rings. The molecule has 1 aliphatic heterocycles. The van der Waals surface area contributed by atoms with E-state index in [1.165, 1.54) is 12.1 Å². The minimum absolute atomic E-state index is 0.0452. The van der Waals surface area contributed by atoms with Crippen molar-refractivity contribution in [2.24, 2.45) is 0 Å². The molecule has 19 heavy (non-hydrogen) atoms. The van der Waals surface area contributed by atoms with Crippen LogP contribution in [0.1, 0.15) is 29.8 Å². The highest BCUT2D eigenvalue weighted by Gasteiger charge is 2.32. The second-order valence-corrected chi connectivity index (χ2v) is 5.14. The summed E-state index contributed by atoms with van der Waals surface area (Å²) in [7, 11) is 0. The Balaban J connectivity index is 1.91. The third-order valence-electron chi connectivity index (χ3n) is 2.93. The summed E-state index contributed by atoms with van der Waals surface area (Å²) < 4.78 is 24.5. The van der Waals surface area contributed by atoms with Gasteiger partial charge in [0.05, 0.1) is 12.2 Å². The number of aryl methyl sites for hydroxylation is 1. The van der Waals surface area contributed by atoms with E-state index in [2.05, 4.69) is 5.32 Å². The van der Waals surface area contributed by atoms with Gasteiger partial charge in [0.2, 0.25) is 0 Å². The van der Waals surface area contributed by atoms with Gasteiger partial charge in [-0.05, 0) is 38.5 Å². The Morgan fingerprint density at radius 1 is 1.53 bits per heavy atom. The fourth-order valence-corrected chi connectivity index (χ4v) is 1.97. The van der Waals surface area contributed by atoms with Gasteiger partial charge in [0.15, 0.2) is 5.79 Å². The van der Waals surface area contributed by atoms with Crippen LogP contribution in [-0.2, 0) is 9.47 Å². The molecule has 1 unspecified atom stereocenters. The molecule has 0 bridgehead atoms. The monoisotopic (exact) mass is 267 g/mol. The molecular weight excluding hydrogens is 249 g/mol. The van der Waals surface area contributed by atoms with Crippen LogP contribution in [-0.4, -0.2) is 30.9 Å². The molecule has 1 saturated heterocycles. The minimum atomic E-state index is -0.621. The Bertz CT molecular complexity index is 488. The van der Waals surface area contributed by atoms with Gasteiger partial charge in [-0.2, -0.15) is 0 Å². The van der Waals surface area contributed by atoms with Gasteiger partial charge >= 0.3 is 0 Å². The lowest BCUT2D eigenvalue weighted by atomic mass is 10.1. The van der Waals surface area contributed by atoms with Crippen LogP contribution in [0.3, 0.4) is 0 Å². The number of ether oxygens (including phenoxy) is 2. The molecule has 1 N–H and O–H groups in total. The topological polar surface area (TPSA) is 47.6 Å². The maximum absolute atomic E-state index is 13.6. The third-order valence-corrected chi connectivity index (χ3v) is 2.93. The van der Waals surface area contributed by atoms with Gasteiger partial charge < -0.3 is 14.8 Å². The molecule has 1 aromatic carbocycles. The molecule has 104 valence electrons. The average molecular weight is 267 g/mol. The van der Waals surface area contributed by atoms with Crippen molar-refractivity contribution in [3.63, 3.8) is 0 Å². The van der Waals surface area contributed by atoms with Gasteiger partial charge in [0.25, 0.3) is 5.91 Å². The Kier molecular flexibility index (Phi) is 3.87. The number of nitrogens with one attached hydrogen (secondary N) is 1. The van der Waals surface area contributed by atoms with E-state index in [1.807, 2.05) is 13.8 Å². The fraction of sp³-hybridized carbons (Fsp3) is 0.500. The maximum atomic E-state index is 13.6. The first-order valence-electron chi connectivity index (χ1n) is 6.23. The van der Waals surface area contributed by atoms with Gasteiger partial charge in [0, 0.05) is 6.54 Å². The maximum Gasteiger partial charge on any atom is 0.254 e. The van der Waals surface area contributed by atoms with E-state index in [4.69, 9.17) is 9.47 Å². The predicted octanol–water partition coefficient (Wildman–Crippen LogP) is 2.02. The van der Waals surface area contributed by atoms with Crippen molar-refractivity contribution in [2.45, 2.75) is 32.7 Å². The molecule has 0 spiro atoms. The molecule has 0 saturated carbocycles. The van der Waals surface area contributed by atoms with Crippen LogP contribution in [0, 0.1) is 12.7 Å². The van der Waals surface area contributed by atoms with Crippen LogP contribution in [0.15, 0.2) is 18.2 Å². The van der Waals surface area contributed by atoms with E-state index in [0.717, 1.165) is 5.56 Å². The molecule has 0 aromatic heterocycles. The van der Waals surface area contributed by atoms with Crippen LogP contribution in [0.25, 0.3) is 0 Å². The SMILES string of the molecule is Cc1ccc(C(=O)NCC2COC(C)(C)O2)c(F)c1. The van der Waals surface area contributed by atoms with Crippen LogP contribution in [0.4, 0.5) is 4.39 Å². The Labute approximate surface area is 111 Å². The van der Waals surface area contributed by atoms with E-state index in [0.29, 0.717) is 13.2 Å². The van der Waals surface area contributed by atoms with Crippen LogP contribution in [0.2, 0.25) is 0 Å². The molecule has 5 heteroatoms. The van der Waals surface area contributed by atoms with Gasteiger partial charge in [-0.3, -0.25) is 4.79 Å². The number of amides is 1. The number of hydrogen-bond acceptors (Lipinski definition) is 3. The van der Waals surface area contributed by atoms with Crippen molar-refractivity contribution in [1.29, 1.82) is 0 Å². The highest BCUT2D eigenvalue weighted by molar-refractivity contribution is 5.94. The fourth-order valence-electron chi connectivity index (χ4n) is 1.97. The molecule has 1 atom stereocenters. The molecule has 1 aliphatic rings. The van der Waals surface area contributed by atoms with E-state index >= 15 is 0 Å². The first kappa shape index (κ1) is 14.0. The molecule has 1 amide bonds. The molecule has 2 rings (SSSR count). The number of carbonyl (C=O) groups excluding carboxylic acids is 1. The van der Waals surface area contributed by atoms with Crippen LogP contribution < -0.4 is 5.32 Å². The van der Waals surface area contributed by atoms with Gasteiger partial charge in [-0.15, -0.1) is 0 Å². The summed E-state index contributed by atoms with van der Waals surface area (Å²) in [6.07, 6.45) is -0.201. The molecule has 4 nitrogen and oxygen atoms in total. The van der Waals surface area contributed by atoms with Crippen molar-refractivity contribution >= 4 is 5.91 Å². The zero-order chi connectivity index (χ0) is 14.0. The van der Waals surface area contributed by atoms with Crippen molar-refractivity contribution in [3.05, 3.63) is 35.1 Å². The quantitative estimate of drug-likeness (QED) is 0.911. The minimum Gasteiger partial charge on any atom is -0.349 e. The van der Waals surface area contributed by atoms with E-state index in [-0.39, 0.29) is 11.7 Å². The largest absolute Gasteiger partial charge is 0.349 e. The third kappa shape index (κ3) is 3.52. The zero-order valence-corrected chi connectivity index (χ0v) is 11.3. The summed E-state index contributed by atoms with van der Waals surface area (Å²) >= 11 is 0. The Morgan fingerprint density at radius 3 is 2.84 bits per heavy atom. The normalized spacial score (nSPS) is 21.4. The summed E-state index contributed by atoms with van der Waals surface area (Å²) in [6, 6.07) is 4.53. The number of benzene rings is 1. The van der Waals surface area contributed by atoms with Gasteiger partial charge in [0.1, 0.15) is 11.9 Å². The molecule has 0 aliphatic carbocycles. The molecule has 0 radical (unpaired) electrons. The van der Waals surface area contributed by atoms with Crippen molar-refractivity contribution in [1.82, 2.24) is 5.32 Å². The Morgan fingerprint density at radius 2 is 2.26 bits per heavy atom. The number of rotatable bonds is 3. The summed E-state index contributed by atoms with van der Waals surface area (Å²) in [5, 5.41) is 2.66. The van der Waals surface area contributed by atoms with E-state index < -0.39 is 17.5 Å². The predicted molar refractivity (Wildman–Crippen MR) is 68.4 cm³/mol. The second-order valence-electron chi connectivity index (χ2n) is 5.14. The highest BCUT2D eigenvalue weighted by Crippen LogP contribution is 2.21. The molecule has 1 heterocycles.